The average molecular weight is 257 g/mol. The van der Waals surface area contributed by atoms with E-state index in [-0.39, 0.29) is 5.56 Å². The maximum absolute atomic E-state index is 12.0. The highest BCUT2D eigenvalue weighted by molar-refractivity contribution is 6.08. The molecular weight excluding hydrogens is 244 g/mol. The van der Waals surface area contributed by atoms with Gasteiger partial charge < -0.3 is 0 Å². The first-order valence-corrected chi connectivity index (χ1v) is 5.84. The third-order valence-corrected chi connectivity index (χ3v) is 3.17. The lowest BCUT2D eigenvalue weighted by atomic mass is 10.3. The molecule has 1 aromatic heterocycles. The summed E-state index contributed by atoms with van der Waals surface area (Å²) in [5, 5.41) is 7.59. The highest BCUT2D eigenvalue weighted by Gasteiger charge is 2.39. The molecule has 1 N–H and O–H groups in total. The SMILES string of the molecule is Cc1c2on(c1=O)C(N(C=N)c1ccccc1)=[N+]2C. The number of nitrogens with one attached hydrogen (secondary N) is 1. The molecule has 3 rings (SSSR count). The van der Waals surface area contributed by atoms with Crippen LogP contribution in [0.1, 0.15) is 5.56 Å². The van der Waals surface area contributed by atoms with Gasteiger partial charge in [0.1, 0.15) is 11.3 Å². The van der Waals surface area contributed by atoms with E-state index >= 15 is 0 Å². The second-order valence-electron chi connectivity index (χ2n) is 4.31. The number of nitrogens with zero attached hydrogens (tertiary/aromatic N) is 3. The van der Waals surface area contributed by atoms with Crippen molar-refractivity contribution in [1.29, 1.82) is 5.41 Å². The van der Waals surface area contributed by atoms with Crippen molar-refractivity contribution in [2.75, 3.05) is 11.9 Å². The molecule has 0 saturated carbocycles. The topological polar surface area (TPSA) is 65.2 Å². The lowest BCUT2D eigenvalue weighted by molar-refractivity contribution is -0.415. The predicted molar refractivity (Wildman–Crippen MR) is 71.7 cm³/mol. The van der Waals surface area contributed by atoms with Crippen LogP contribution in [0.15, 0.2) is 39.6 Å². The molecule has 2 aromatic rings. The summed E-state index contributed by atoms with van der Waals surface area (Å²) in [7, 11) is 1.81. The van der Waals surface area contributed by atoms with Crippen LogP contribution in [0.5, 0.6) is 0 Å². The molecular formula is C13H13N4O2+. The molecule has 6 nitrogen and oxygen atoms in total. The van der Waals surface area contributed by atoms with Crippen LogP contribution in [-0.2, 0) is 0 Å². The highest BCUT2D eigenvalue weighted by atomic mass is 16.5. The monoisotopic (exact) mass is 257 g/mol. The van der Waals surface area contributed by atoms with E-state index in [4.69, 9.17) is 9.93 Å². The molecule has 0 aliphatic carbocycles. The fourth-order valence-corrected chi connectivity index (χ4v) is 2.21. The van der Waals surface area contributed by atoms with Gasteiger partial charge in [0.05, 0.1) is 7.05 Å². The van der Waals surface area contributed by atoms with Gasteiger partial charge >= 0.3 is 17.4 Å². The zero-order valence-corrected chi connectivity index (χ0v) is 10.6. The van der Waals surface area contributed by atoms with Crippen LogP contribution >= 0.6 is 0 Å². The molecule has 19 heavy (non-hydrogen) atoms. The Bertz CT molecular complexity index is 740. The minimum atomic E-state index is -0.189. The Morgan fingerprint density at radius 3 is 2.63 bits per heavy atom. The van der Waals surface area contributed by atoms with Gasteiger partial charge in [-0.2, -0.15) is 9.48 Å². The van der Waals surface area contributed by atoms with Crippen LogP contribution in [-0.4, -0.2) is 28.7 Å². The van der Waals surface area contributed by atoms with Crippen molar-refractivity contribution < 1.29 is 9.10 Å². The van der Waals surface area contributed by atoms with Gasteiger partial charge in [-0.25, -0.2) is 4.79 Å². The molecule has 6 heteroatoms. The number of para-hydroxylation sites is 1. The molecule has 2 bridgehead atoms. The number of rotatable bonds is 2. The van der Waals surface area contributed by atoms with Crippen LogP contribution < -0.4 is 10.5 Å². The first kappa shape index (κ1) is 11.5. The van der Waals surface area contributed by atoms with E-state index in [1.807, 2.05) is 30.3 Å². The largest absolute Gasteiger partial charge is 0.414 e. The molecule has 96 valence electrons. The number of fused-ring (bicyclic) bond motifs is 2. The average Bonchev–Trinajstić information content (AvgIpc) is 2.91. The number of anilines is 1. The smallest absolute Gasteiger partial charge is 0.278 e. The van der Waals surface area contributed by atoms with Crippen molar-refractivity contribution in [1.82, 2.24) is 4.74 Å². The van der Waals surface area contributed by atoms with E-state index < -0.39 is 0 Å². The molecule has 0 radical (unpaired) electrons. The lowest BCUT2D eigenvalue weighted by Crippen LogP contribution is -2.43. The third-order valence-electron chi connectivity index (χ3n) is 3.17. The van der Waals surface area contributed by atoms with E-state index in [2.05, 4.69) is 0 Å². The molecule has 2 heterocycles. The lowest BCUT2D eigenvalue weighted by Gasteiger charge is -2.12. The van der Waals surface area contributed by atoms with E-state index in [0.29, 0.717) is 17.4 Å². The fourth-order valence-electron chi connectivity index (χ4n) is 2.21. The van der Waals surface area contributed by atoms with Crippen molar-refractivity contribution in [3.05, 3.63) is 46.2 Å². The number of hydrogen-bond acceptors (Lipinski definition) is 3. The second-order valence-corrected chi connectivity index (χ2v) is 4.31. The summed E-state index contributed by atoms with van der Waals surface area (Å²) in [6, 6.07) is 9.38. The van der Waals surface area contributed by atoms with Gasteiger partial charge in [-0.3, -0.25) is 9.93 Å². The number of aromatic nitrogens is 1. The summed E-state index contributed by atoms with van der Waals surface area (Å²) in [5.74, 6) is 1.02. The normalized spacial score (nSPS) is 12.9. The molecule has 0 unspecified atom stereocenters. The summed E-state index contributed by atoms with van der Waals surface area (Å²) in [5.41, 5.74) is 1.18. The van der Waals surface area contributed by atoms with E-state index in [1.54, 1.807) is 23.4 Å². The maximum atomic E-state index is 12.0. The van der Waals surface area contributed by atoms with Crippen LogP contribution in [0.3, 0.4) is 0 Å². The highest BCUT2D eigenvalue weighted by Crippen LogP contribution is 2.23. The first-order chi connectivity index (χ1) is 9.15. The summed E-state index contributed by atoms with van der Waals surface area (Å²) in [6.45, 7) is 1.72. The summed E-state index contributed by atoms with van der Waals surface area (Å²) in [6.07, 6.45) is 1.16. The Balaban J connectivity index is 2.16. The van der Waals surface area contributed by atoms with Crippen molar-refractivity contribution in [2.24, 2.45) is 0 Å². The molecule has 0 saturated heterocycles. The van der Waals surface area contributed by atoms with Gasteiger partial charge in [-0.05, 0) is 23.8 Å². The van der Waals surface area contributed by atoms with Crippen LogP contribution in [0, 0.1) is 12.3 Å². The predicted octanol–water partition coefficient (Wildman–Crippen LogP) is 1.35. The number of hydrogen-bond donors (Lipinski definition) is 1. The molecule has 0 atom stereocenters. The summed E-state index contributed by atoms with van der Waals surface area (Å²) in [4.78, 5) is 13.6. The Hall–Kier alpha value is -2.63. The zero-order chi connectivity index (χ0) is 13.6. The van der Waals surface area contributed by atoms with E-state index in [9.17, 15) is 4.79 Å². The molecule has 1 aromatic carbocycles. The Labute approximate surface area is 109 Å². The molecule has 1 aliphatic rings. The number of benzene rings is 1. The first-order valence-electron chi connectivity index (χ1n) is 5.84. The van der Waals surface area contributed by atoms with Crippen molar-refractivity contribution >= 4 is 23.9 Å². The Morgan fingerprint density at radius 2 is 2.05 bits per heavy atom. The van der Waals surface area contributed by atoms with Gasteiger partial charge in [0.25, 0.3) is 0 Å². The van der Waals surface area contributed by atoms with Crippen LogP contribution in [0.4, 0.5) is 11.6 Å². The van der Waals surface area contributed by atoms with Gasteiger partial charge in [0.2, 0.25) is 0 Å². The minimum Gasteiger partial charge on any atom is -0.278 e. The van der Waals surface area contributed by atoms with E-state index in [0.717, 1.165) is 12.0 Å². The van der Waals surface area contributed by atoms with Crippen molar-refractivity contribution in [3.8, 4) is 0 Å². The molecule has 0 fully saturated rings. The van der Waals surface area contributed by atoms with Gasteiger partial charge in [-0.1, -0.05) is 18.2 Å². The fraction of sp³-hybridized carbons (Fsp3) is 0.154. The van der Waals surface area contributed by atoms with Gasteiger partial charge in [0, 0.05) is 0 Å². The Morgan fingerprint density at radius 1 is 1.37 bits per heavy atom. The van der Waals surface area contributed by atoms with Crippen molar-refractivity contribution in [3.63, 3.8) is 0 Å². The summed E-state index contributed by atoms with van der Waals surface area (Å²) < 4.78 is 8.40. The molecule has 0 spiro atoms. The summed E-state index contributed by atoms with van der Waals surface area (Å²) >= 11 is 0. The minimum absolute atomic E-state index is 0.189. The van der Waals surface area contributed by atoms with Crippen molar-refractivity contribution in [2.45, 2.75) is 6.92 Å². The second kappa shape index (κ2) is 3.94. The van der Waals surface area contributed by atoms with Gasteiger partial charge in [-0.15, -0.1) is 0 Å². The van der Waals surface area contributed by atoms with E-state index in [1.165, 1.54) is 4.74 Å². The molecule has 1 aliphatic heterocycles. The Kier molecular flexibility index (Phi) is 2.38. The maximum Gasteiger partial charge on any atom is 0.414 e. The zero-order valence-electron chi connectivity index (χ0n) is 10.6. The van der Waals surface area contributed by atoms with Crippen LogP contribution in [0.25, 0.3) is 0 Å². The third kappa shape index (κ3) is 1.46. The van der Waals surface area contributed by atoms with Gasteiger partial charge in [0.15, 0.2) is 6.34 Å². The van der Waals surface area contributed by atoms with Crippen LogP contribution in [0.2, 0.25) is 0 Å². The molecule has 0 amide bonds. The quantitative estimate of drug-likeness (QED) is 0.502. The standard InChI is InChI=1S/C13H13N4O2/c1-9-11(18)17-13(15(2)12(9)19-17)16(8-14)10-6-4-3-5-7-10/h3-8,14H,1-2H3/q+1.